The van der Waals surface area contributed by atoms with Crippen LogP contribution in [0.5, 0.6) is 0 Å². The number of urea groups is 1. The fraction of sp³-hybridized carbons (Fsp3) is 0.615. The molecule has 2 fully saturated rings. The van der Waals surface area contributed by atoms with Gasteiger partial charge in [-0.1, -0.05) is 25.3 Å². The van der Waals surface area contributed by atoms with Crippen LogP contribution in [0.3, 0.4) is 0 Å². The summed E-state index contributed by atoms with van der Waals surface area (Å²) < 4.78 is 0. The predicted molar refractivity (Wildman–Crippen MR) is 65.6 cm³/mol. The molecule has 0 spiro atoms. The molecule has 1 saturated carbocycles. The molecule has 5 heteroatoms. The molecule has 1 aliphatic heterocycles. The summed E-state index contributed by atoms with van der Waals surface area (Å²) in [5.41, 5.74) is 0. The van der Waals surface area contributed by atoms with Gasteiger partial charge in [0.05, 0.1) is 0 Å². The van der Waals surface area contributed by atoms with Crippen molar-refractivity contribution in [2.45, 2.75) is 44.6 Å². The van der Waals surface area contributed by atoms with Gasteiger partial charge in [0.25, 0.3) is 0 Å². The minimum atomic E-state index is -0.790. The largest absolute Gasteiger partial charge is 0.331 e. The van der Waals surface area contributed by atoms with Gasteiger partial charge in [-0.05, 0) is 19.3 Å². The van der Waals surface area contributed by atoms with Crippen LogP contribution in [0.15, 0.2) is 12.7 Å². The van der Waals surface area contributed by atoms with Gasteiger partial charge in [0.2, 0.25) is 11.8 Å². The Labute approximate surface area is 106 Å². The number of allylic oxidation sites excluding steroid dienone is 1. The molecule has 18 heavy (non-hydrogen) atoms. The number of hydrogen-bond acceptors (Lipinski definition) is 3. The van der Waals surface area contributed by atoms with E-state index < -0.39 is 17.9 Å². The lowest BCUT2D eigenvalue weighted by Crippen LogP contribution is -2.61. The van der Waals surface area contributed by atoms with Crippen molar-refractivity contribution in [2.24, 2.45) is 5.92 Å². The van der Waals surface area contributed by atoms with Gasteiger partial charge in [-0.15, -0.1) is 6.58 Å². The summed E-state index contributed by atoms with van der Waals surface area (Å²) in [6, 6.07) is -0.608. The Kier molecular flexibility index (Phi) is 3.79. The standard InChI is InChI=1S/C13H18N2O3/c1-2-6-10-11(16)14-13(18)15(12(10)17)9-7-4-3-5-8-9/h2,9-10H,1,3-8H2,(H,14,16,18)/t10-/m1/s1. The molecule has 1 atom stereocenters. The second kappa shape index (κ2) is 5.33. The molecule has 0 aromatic carbocycles. The van der Waals surface area contributed by atoms with Crippen LogP contribution < -0.4 is 5.32 Å². The van der Waals surface area contributed by atoms with E-state index >= 15 is 0 Å². The molecule has 1 heterocycles. The van der Waals surface area contributed by atoms with E-state index in [1.165, 1.54) is 11.0 Å². The number of amides is 4. The monoisotopic (exact) mass is 250 g/mol. The summed E-state index contributed by atoms with van der Waals surface area (Å²) in [5, 5.41) is 2.27. The lowest BCUT2D eigenvalue weighted by molar-refractivity contribution is -0.144. The number of nitrogens with zero attached hydrogens (tertiary/aromatic N) is 1. The number of carbonyl (C=O) groups excluding carboxylic acids is 3. The summed E-state index contributed by atoms with van der Waals surface area (Å²) in [5.74, 6) is -1.66. The zero-order valence-corrected chi connectivity index (χ0v) is 10.4. The lowest BCUT2D eigenvalue weighted by atomic mass is 9.91. The molecule has 2 rings (SSSR count). The Balaban J connectivity index is 2.17. The molecular weight excluding hydrogens is 232 g/mol. The minimum absolute atomic E-state index is 0.0494. The molecule has 4 amide bonds. The average Bonchev–Trinajstić information content (AvgIpc) is 2.35. The van der Waals surface area contributed by atoms with Crippen LogP contribution in [-0.2, 0) is 9.59 Å². The SMILES string of the molecule is C=CC[C@@H]1C(=O)NC(=O)N(C2CCCCC2)C1=O. The van der Waals surface area contributed by atoms with Gasteiger partial charge in [-0.2, -0.15) is 0 Å². The topological polar surface area (TPSA) is 66.5 Å². The lowest BCUT2D eigenvalue weighted by Gasteiger charge is -2.37. The van der Waals surface area contributed by atoms with Crippen LogP contribution in [0.2, 0.25) is 0 Å². The summed E-state index contributed by atoms with van der Waals surface area (Å²) in [6.07, 6.45) is 6.71. The normalized spacial score (nSPS) is 26.1. The summed E-state index contributed by atoms with van der Waals surface area (Å²) in [7, 11) is 0. The highest BCUT2D eigenvalue weighted by molar-refractivity contribution is 6.16. The van der Waals surface area contributed by atoms with Crippen LogP contribution in [0, 0.1) is 5.92 Å². The number of carbonyl (C=O) groups is 3. The van der Waals surface area contributed by atoms with Crippen molar-refractivity contribution in [3.8, 4) is 0 Å². The van der Waals surface area contributed by atoms with Crippen molar-refractivity contribution < 1.29 is 14.4 Å². The summed E-state index contributed by atoms with van der Waals surface area (Å²) >= 11 is 0. The van der Waals surface area contributed by atoms with Crippen molar-refractivity contribution in [1.29, 1.82) is 0 Å². The molecule has 0 aromatic rings. The molecule has 2 aliphatic rings. The zero-order chi connectivity index (χ0) is 13.1. The predicted octanol–water partition coefficient (Wildman–Crippen LogP) is 1.59. The molecule has 0 aromatic heterocycles. The Morgan fingerprint density at radius 1 is 1.22 bits per heavy atom. The first-order chi connectivity index (χ1) is 8.65. The van der Waals surface area contributed by atoms with Crippen molar-refractivity contribution in [3.63, 3.8) is 0 Å². The number of rotatable bonds is 3. The van der Waals surface area contributed by atoms with Gasteiger partial charge in [0, 0.05) is 6.04 Å². The van der Waals surface area contributed by atoms with Crippen LogP contribution >= 0.6 is 0 Å². The Morgan fingerprint density at radius 3 is 2.50 bits per heavy atom. The highest BCUT2D eigenvalue weighted by Gasteiger charge is 2.42. The van der Waals surface area contributed by atoms with Crippen molar-refractivity contribution in [1.82, 2.24) is 10.2 Å². The van der Waals surface area contributed by atoms with Crippen LogP contribution in [-0.4, -0.2) is 28.8 Å². The van der Waals surface area contributed by atoms with Gasteiger partial charge in [0.15, 0.2) is 0 Å². The highest BCUT2D eigenvalue weighted by Crippen LogP contribution is 2.26. The maximum atomic E-state index is 12.2. The summed E-state index contributed by atoms with van der Waals surface area (Å²) in [6.45, 7) is 3.54. The van der Waals surface area contributed by atoms with Crippen molar-refractivity contribution in [3.05, 3.63) is 12.7 Å². The first-order valence-electron chi connectivity index (χ1n) is 6.44. The molecule has 1 N–H and O–H groups in total. The van der Waals surface area contributed by atoms with Crippen LogP contribution in [0.25, 0.3) is 0 Å². The maximum Gasteiger partial charge on any atom is 0.331 e. The van der Waals surface area contributed by atoms with E-state index in [1.807, 2.05) is 0 Å². The fourth-order valence-electron chi connectivity index (χ4n) is 2.69. The fourth-order valence-corrected chi connectivity index (χ4v) is 2.69. The number of imide groups is 2. The first kappa shape index (κ1) is 12.8. The molecule has 0 bridgehead atoms. The molecular formula is C13H18N2O3. The maximum absolute atomic E-state index is 12.2. The zero-order valence-electron chi connectivity index (χ0n) is 10.4. The van der Waals surface area contributed by atoms with Crippen LogP contribution in [0.1, 0.15) is 38.5 Å². The smallest absolute Gasteiger partial charge is 0.277 e. The van der Waals surface area contributed by atoms with Crippen LogP contribution in [0.4, 0.5) is 4.79 Å². The third-order valence-corrected chi connectivity index (χ3v) is 3.64. The van der Waals surface area contributed by atoms with Gasteiger partial charge >= 0.3 is 6.03 Å². The Bertz CT molecular complexity index is 386. The number of nitrogens with one attached hydrogen (secondary N) is 1. The first-order valence-corrected chi connectivity index (χ1v) is 6.44. The van der Waals surface area contributed by atoms with E-state index in [0.717, 1.165) is 32.1 Å². The average molecular weight is 250 g/mol. The van der Waals surface area contributed by atoms with Crippen molar-refractivity contribution in [2.75, 3.05) is 0 Å². The quantitative estimate of drug-likeness (QED) is 0.611. The minimum Gasteiger partial charge on any atom is -0.277 e. The molecule has 1 aliphatic carbocycles. The van der Waals surface area contributed by atoms with E-state index in [1.54, 1.807) is 0 Å². The Morgan fingerprint density at radius 2 is 1.89 bits per heavy atom. The molecule has 5 nitrogen and oxygen atoms in total. The van der Waals surface area contributed by atoms with E-state index in [4.69, 9.17) is 0 Å². The third kappa shape index (κ3) is 2.30. The third-order valence-electron chi connectivity index (χ3n) is 3.64. The van der Waals surface area contributed by atoms with Gasteiger partial charge < -0.3 is 0 Å². The van der Waals surface area contributed by atoms with Crippen molar-refractivity contribution >= 4 is 17.8 Å². The second-order valence-corrected chi connectivity index (χ2v) is 4.87. The number of hydrogen-bond donors (Lipinski definition) is 1. The Hall–Kier alpha value is -1.65. The summed E-state index contributed by atoms with van der Waals surface area (Å²) in [4.78, 5) is 36.9. The highest BCUT2D eigenvalue weighted by atomic mass is 16.2. The van der Waals surface area contributed by atoms with E-state index in [-0.39, 0.29) is 18.4 Å². The van der Waals surface area contributed by atoms with E-state index in [9.17, 15) is 14.4 Å². The number of barbiturate groups is 1. The molecule has 0 unspecified atom stereocenters. The van der Waals surface area contributed by atoms with Gasteiger partial charge in [0.1, 0.15) is 5.92 Å². The second-order valence-electron chi connectivity index (χ2n) is 4.87. The molecule has 98 valence electrons. The molecule has 1 saturated heterocycles. The van der Waals surface area contributed by atoms with E-state index in [2.05, 4.69) is 11.9 Å². The van der Waals surface area contributed by atoms with Gasteiger partial charge in [-0.3, -0.25) is 19.8 Å². The van der Waals surface area contributed by atoms with E-state index in [0.29, 0.717) is 0 Å². The molecule has 0 radical (unpaired) electrons. The van der Waals surface area contributed by atoms with Gasteiger partial charge in [-0.25, -0.2) is 4.79 Å².